The molecule has 0 spiro atoms. The van der Waals surface area contributed by atoms with E-state index in [1.165, 1.54) is 0 Å². The maximum atomic E-state index is 13.6. The van der Waals surface area contributed by atoms with Crippen LogP contribution in [-0.2, 0) is 23.7 Å². The predicted molar refractivity (Wildman–Crippen MR) is 135 cm³/mol. The van der Waals surface area contributed by atoms with Gasteiger partial charge in [0.25, 0.3) is 11.8 Å². The predicted octanol–water partition coefficient (Wildman–Crippen LogP) is 2.92. The second-order valence-electron chi connectivity index (χ2n) is 7.84. The van der Waals surface area contributed by atoms with Crippen LogP contribution in [0.2, 0.25) is 0 Å². The highest BCUT2D eigenvalue weighted by Crippen LogP contribution is 2.68. The molecule has 2 amide bonds. The Kier molecular flexibility index (Phi) is 9.15. The summed E-state index contributed by atoms with van der Waals surface area (Å²) >= 11 is 0. The summed E-state index contributed by atoms with van der Waals surface area (Å²) < 4.78 is 35.2. The van der Waals surface area contributed by atoms with E-state index in [0.29, 0.717) is 11.1 Å². The first-order valence-corrected chi connectivity index (χ1v) is 14.7. The Bertz CT molecular complexity index is 1160. The number of hydrogen-bond acceptors (Lipinski definition) is 7. The van der Waals surface area contributed by atoms with Crippen molar-refractivity contribution in [1.82, 2.24) is 10.6 Å². The molecule has 1 aliphatic heterocycles. The summed E-state index contributed by atoms with van der Waals surface area (Å²) in [5, 5.41) is 5.34. The first-order valence-electron chi connectivity index (χ1n) is 11.3. The lowest BCUT2D eigenvalue weighted by Crippen LogP contribution is -2.41. The summed E-state index contributed by atoms with van der Waals surface area (Å²) in [5.74, 6) is -1.56. The molecule has 0 aromatic heterocycles. The molecule has 1 fully saturated rings. The molecule has 0 aliphatic carbocycles. The van der Waals surface area contributed by atoms with Gasteiger partial charge in [-0.05, 0) is 32.4 Å². The number of rotatable bonds is 10. The maximum Gasteiger partial charge on any atom is 0.449 e. The van der Waals surface area contributed by atoms with E-state index in [1.807, 2.05) is 0 Å². The molecule has 0 unspecified atom stereocenters. The van der Waals surface area contributed by atoms with Crippen molar-refractivity contribution in [1.29, 1.82) is 0 Å². The quantitative estimate of drug-likeness (QED) is 0.324. The summed E-state index contributed by atoms with van der Waals surface area (Å²) in [4.78, 5) is 38.2. The van der Waals surface area contributed by atoms with Crippen LogP contribution in [-0.4, -0.2) is 55.9 Å². The molecule has 3 N–H and O–H groups in total. The van der Waals surface area contributed by atoms with Crippen LogP contribution in [0.5, 0.6) is 0 Å². The van der Waals surface area contributed by atoms with Crippen molar-refractivity contribution in [2.45, 2.75) is 26.3 Å². The molecule has 9 nitrogen and oxygen atoms in total. The lowest BCUT2D eigenvalue weighted by atomic mass is 10.1. The van der Waals surface area contributed by atoms with Crippen LogP contribution >= 0.6 is 7.94 Å². The van der Waals surface area contributed by atoms with Gasteiger partial charge >= 0.3 is 7.94 Å². The first-order chi connectivity index (χ1) is 16.7. The zero-order valence-electron chi connectivity index (χ0n) is 19.6. The Labute approximate surface area is 206 Å². The van der Waals surface area contributed by atoms with Crippen molar-refractivity contribution in [3.63, 3.8) is 0 Å². The normalized spacial score (nSPS) is 18.0. The van der Waals surface area contributed by atoms with Gasteiger partial charge in [-0.1, -0.05) is 48.5 Å². The Morgan fingerprint density at radius 3 is 2.00 bits per heavy atom. The fourth-order valence-electron chi connectivity index (χ4n) is 3.73. The van der Waals surface area contributed by atoms with Gasteiger partial charge in [0.2, 0.25) is 5.31 Å². The summed E-state index contributed by atoms with van der Waals surface area (Å²) in [7, 11) is -7.10. The van der Waals surface area contributed by atoms with Gasteiger partial charge in [0.05, 0.1) is 24.7 Å². The molecule has 2 aromatic carbocycles. The van der Waals surface area contributed by atoms with Crippen LogP contribution in [0.15, 0.2) is 66.4 Å². The average molecular weight is 522 g/mol. The number of amides is 2. The van der Waals surface area contributed by atoms with Crippen LogP contribution in [0.1, 0.15) is 36.2 Å². The Morgan fingerprint density at radius 2 is 1.51 bits per heavy atom. The molecule has 0 saturated carbocycles. The third-order valence-corrected chi connectivity index (χ3v) is 9.28. The van der Waals surface area contributed by atoms with Crippen LogP contribution < -0.4 is 10.6 Å². The molecule has 2 aromatic rings. The second kappa shape index (κ2) is 11.9. The highest BCUT2D eigenvalue weighted by atomic mass is 32.2. The minimum atomic E-state index is -3.84. The monoisotopic (exact) mass is 521 g/mol. The highest BCUT2D eigenvalue weighted by Gasteiger charge is 2.51. The van der Waals surface area contributed by atoms with Crippen LogP contribution in [0.4, 0.5) is 0 Å². The highest BCUT2D eigenvalue weighted by molar-refractivity contribution is 7.91. The molecule has 11 heteroatoms. The first kappa shape index (κ1) is 27.0. The van der Waals surface area contributed by atoms with Crippen molar-refractivity contribution in [2.24, 2.45) is 0 Å². The maximum absolute atomic E-state index is 13.6. The van der Waals surface area contributed by atoms with Crippen LogP contribution in [0.3, 0.4) is 0 Å². The molecule has 1 saturated heterocycles. The number of sulfone groups is 1. The number of carbonyl (C=O) groups excluding carboxylic acids is 2. The van der Waals surface area contributed by atoms with Crippen molar-refractivity contribution in [2.75, 3.05) is 24.7 Å². The molecule has 1 aliphatic rings. The van der Waals surface area contributed by atoms with Gasteiger partial charge in [-0.15, -0.1) is 0 Å². The molecule has 3 rings (SSSR count). The zero-order chi connectivity index (χ0) is 25.5. The molecule has 0 radical (unpaired) electrons. The van der Waals surface area contributed by atoms with E-state index in [4.69, 9.17) is 9.05 Å². The van der Waals surface area contributed by atoms with Crippen molar-refractivity contribution >= 4 is 34.9 Å². The third kappa shape index (κ3) is 6.96. The average Bonchev–Trinajstić information content (AvgIpc) is 3.18. The van der Waals surface area contributed by atoms with E-state index in [0.717, 1.165) is 0 Å². The summed E-state index contributed by atoms with van der Waals surface area (Å²) in [6, 6.07) is 16.2. The Balaban J connectivity index is 2.15. The molecule has 188 valence electrons. The standard InChI is InChI=1S/C24H29N2O7PS/c1-3-32-34(29,33-4-2)22(18-11-7-5-8-12-18)21(26-23(27)19-13-9-6-10-14-19)24(28)25-20-15-16-35(30,31)17-20/h5-14,20,29H,3-4,15-17H2,1-2H3,(H-,25,26,27,28)/p+1/b22-21+/t20-/m1/s1. The molecule has 35 heavy (non-hydrogen) atoms. The SMILES string of the molecule is CCO[P+](O)(OCC)/C(=C(/NC(=O)c1ccccc1)C(=O)N[C@@H]1CCS(=O)(=O)C1)c1ccccc1. The topological polar surface area (TPSA) is 131 Å². The fourth-order valence-corrected chi connectivity index (χ4v) is 7.35. The van der Waals surface area contributed by atoms with Gasteiger partial charge < -0.3 is 10.6 Å². The Morgan fingerprint density at radius 1 is 0.971 bits per heavy atom. The van der Waals surface area contributed by atoms with Crippen molar-refractivity contribution < 1.29 is 31.9 Å². The minimum Gasteiger partial charge on any atom is -0.347 e. The van der Waals surface area contributed by atoms with E-state index in [-0.39, 0.29) is 42.2 Å². The van der Waals surface area contributed by atoms with E-state index < -0.39 is 35.6 Å². The molecule has 0 bridgehead atoms. The zero-order valence-corrected chi connectivity index (χ0v) is 21.3. The third-order valence-electron chi connectivity index (χ3n) is 5.24. The van der Waals surface area contributed by atoms with E-state index in [9.17, 15) is 22.9 Å². The minimum absolute atomic E-state index is 0.00411. The molecule has 1 atom stereocenters. The number of hydrogen-bond donors (Lipinski definition) is 3. The molecular formula is C24H30N2O7PS+. The number of carbonyl (C=O) groups is 2. The van der Waals surface area contributed by atoms with Crippen LogP contribution in [0, 0.1) is 0 Å². The van der Waals surface area contributed by atoms with E-state index in [2.05, 4.69) is 10.6 Å². The second-order valence-corrected chi connectivity index (χ2v) is 12.1. The Hall–Kier alpha value is -2.62. The summed E-state index contributed by atoms with van der Waals surface area (Å²) in [6.45, 7) is 3.53. The van der Waals surface area contributed by atoms with Gasteiger partial charge in [-0.3, -0.25) is 9.59 Å². The molecule has 1 heterocycles. The van der Waals surface area contributed by atoms with Gasteiger partial charge in [-0.2, -0.15) is 13.9 Å². The van der Waals surface area contributed by atoms with Gasteiger partial charge in [-0.25, -0.2) is 8.42 Å². The lowest BCUT2D eigenvalue weighted by molar-refractivity contribution is -0.118. The molecular weight excluding hydrogens is 491 g/mol. The largest absolute Gasteiger partial charge is 0.449 e. The smallest absolute Gasteiger partial charge is 0.347 e. The van der Waals surface area contributed by atoms with E-state index in [1.54, 1.807) is 74.5 Å². The number of benzene rings is 2. The summed E-state index contributed by atoms with van der Waals surface area (Å²) in [6.07, 6.45) is 0.255. The van der Waals surface area contributed by atoms with Gasteiger partial charge in [0, 0.05) is 17.2 Å². The summed E-state index contributed by atoms with van der Waals surface area (Å²) in [5.41, 5.74) is 0.457. The van der Waals surface area contributed by atoms with Gasteiger partial charge in [0.15, 0.2) is 15.5 Å². The van der Waals surface area contributed by atoms with Crippen molar-refractivity contribution in [3.05, 3.63) is 77.5 Å². The lowest BCUT2D eigenvalue weighted by Gasteiger charge is -2.22. The van der Waals surface area contributed by atoms with E-state index >= 15 is 0 Å². The van der Waals surface area contributed by atoms with Gasteiger partial charge in [0.1, 0.15) is 0 Å². The van der Waals surface area contributed by atoms with Crippen LogP contribution in [0.25, 0.3) is 5.31 Å². The fraction of sp³-hybridized carbons (Fsp3) is 0.333. The number of nitrogens with one attached hydrogen (secondary N) is 2. The van der Waals surface area contributed by atoms with Crippen molar-refractivity contribution in [3.8, 4) is 0 Å².